The van der Waals surface area contributed by atoms with Gasteiger partial charge in [0.2, 0.25) is 0 Å². The van der Waals surface area contributed by atoms with E-state index in [9.17, 15) is 9.36 Å². The van der Waals surface area contributed by atoms with E-state index in [4.69, 9.17) is 15.3 Å². The molecule has 12 heavy (non-hydrogen) atoms. The first-order chi connectivity index (χ1) is 5.30. The molecule has 0 amide bonds. The molecule has 0 aliphatic heterocycles. The molecule has 6 nitrogen and oxygen atoms in total. The number of carbonyl (C=O) groups excluding carboxylic acids is 1. The maximum Gasteiger partial charge on any atom is 0.443 e. The van der Waals surface area contributed by atoms with E-state index in [1.807, 2.05) is 0 Å². The molecule has 0 aliphatic carbocycles. The fourth-order valence-corrected chi connectivity index (χ4v) is 1.17. The summed E-state index contributed by atoms with van der Waals surface area (Å²) in [7, 11) is -4.74. The molecule has 0 aliphatic rings. The highest BCUT2D eigenvalue weighted by Crippen LogP contribution is 2.36. The number of hydrogen-bond donors (Lipinski definition) is 2. The first-order valence-corrected chi connectivity index (χ1v) is 4.74. The first kappa shape index (κ1) is 11.2. The quantitative estimate of drug-likeness (QED) is 0.284. The lowest BCUT2D eigenvalue weighted by atomic mass is 10.1. The third-order valence-corrected chi connectivity index (χ3v) is 1.98. The van der Waals surface area contributed by atoms with Crippen molar-refractivity contribution in [3.05, 3.63) is 5.53 Å². The van der Waals surface area contributed by atoms with E-state index in [0.717, 1.165) is 0 Å². The van der Waals surface area contributed by atoms with Crippen molar-refractivity contribution in [2.45, 2.75) is 13.8 Å². The van der Waals surface area contributed by atoms with Crippen LogP contribution in [0.25, 0.3) is 5.53 Å². The zero-order valence-corrected chi connectivity index (χ0v) is 7.52. The summed E-state index contributed by atoms with van der Waals surface area (Å²) in [6.07, 6.45) is 0. The van der Waals surface area contributed by atoms with Crippen molar-refractivity contribution in [3.63, 3.8) is 0 Å². The van der Waals surface area contributed by atoms with E-state index in [2.05, 4.69) is 4.79 Å². The third-order valence-electron chi connectivity index (χ3n) is 1.12. The molecule has 0 saturated heterocycles. The number of Topliss-reactive ketones (excluding diaryl/α,β-unsaturated/α-hetero) is 1. The largest absolute Gasteiger partial charge is 0.443 e. The summed E-state index contributed by atoms with van der Waals surface area (Å²) in [4.78, 5) is 30.2. The number of rotatable bonds is 3. The molecule has 0 fully saturated rings. The van der Waals surface area contributed by atoms with E-state index in [1.54, 1.807) is 0 Å². The fraction of sp³-hybridized carbons (Fsp3) is 0.600. The molecule has 0 spiro atoms. The van der Waals surface area contributed by atoms with Crippen LogP contribution in [0.15, 0.2) is 0 Å². The van der Waals surface area contributed by atoms with Crippen LogP contribution < -0.4 is 0 Å². The third kappa shape index (κ3) is 2.68. The van der Waals surface area contributed by atoms with Crippen LogP contribution >= 0.6 is 7.60 Å². The Morgan fingerprint density at radius 1 is 1.50 bits per heavy atom. The van der Waals surface area contributed by atoms with Gasteiger partial charge >= 0.3 is 13.0 Å². The molecule has 0 saturated carbocycles. The normalized spacial score (nSPS) is 11.1. The van der Waals surface area contributed by atoms with Gasteiger partial charge in [0, 0.05) is 5.92 Å². The Balaban J connectivity index is 5.00. The second-order valence-corrected chi connectivity index (χ2v) is 4.00. The average Bonchev–Trinajstić information content (AvgIpc) is 1.85. The van der Waals surface area contributed by atoms with Crippen LogP contribution in [-0.4, -0.2) is 25.8 Å². The molecule has 0 rings (SSSR count). The summed E-state index contributed by atoms with van der Waals surface area (Å²) in [5.41, 5.74) is 7.07. The van der Waals surface area contributed by atoms with E-state index in [-0.39, 0.29) is 0 Å². The van der Waals surface area contributed by atoms with E-state index in [0.29, 0.717) is 0 Å². The number of ketones is 1. The summed E-state index contributed by atoms with van der Waals surface area (Å²) >= 11 is 0. The lowest BCUT2D eigenvalue weighted by Crippen LogP contribution is -2.20. The van der Waals surface area contributed by atoms with Crippen LogP contribution in [0.1, 0.15) is 13.8 Å². The van der Waals surface area contributed by atoms with Crippen molar-refractivity contribution in [1.82, 2.24) is 0 Å². The van der Waals surface area contributed by atoms with Gasteiger partial charge in [-0.25, -0.2) is 4.57 Å². The Morgan fingerprint density at radius 3 is 2.00 bits per heavy atom. The van der Waals surface area contributed by atoms with E-state index >= 15 is 0 Å². The first-order valence-electron chi connectivity index (χ1n) is 3.13. The fourth-order valence-electron chi connectivity index (χ4n) is 0.509. The zero-order chi connectivity index (χ0) is 9.94. The average molecular weight is 192 g/mol. The lowest BCUT2D eigenvalue weighted by molar-refractivity contribution is -0.119. The van der Waals surface area contributed by atoms with Gasteiger partial charge < -0.3 is 15.3 Å². The lowest BCUT2D eigenvalue weighted by Gasteiger charge is -1.99. The van der Waals surface area contributed by atoms with Crippen LogP contribution in [0.2, 0.25) is 0 Å². The van der Waals surface area contributed by atoms with Crippen molar-refractivity contribution in [3.8, 4) is 0 Å². The molecule has 7 heteroatoms. The molecule has 2 N–H and O–H groups in total. The van der Waals surface area contributed by atoms with Crippen molar-refractivity contribution in [2.75, 3.05) is 0 Å². The van der Waals surface area contributed by atoms with Crippen molar-refractivity contribution in [2.24, 2.45) is 5.92 Å². The second kappa shape index (κ2) is 3.74. The minimum atomic E-state index is -4.74. The Labute approximate surface area is 69.0 Å². The smallest absolute Gasteiger partial charge is 0.360 e. The van der Waals surface area contributed by atoms with Gasteiger partial charge in [0.15, 0.2) is 0 Å². The Kier molecular flexibility index (Phi) is 3.49. The molecule has 0 aromatic heterocycles. The zero-order valence-electron chi connectivity index (χ0n) is 6.63. The van der Waals surface area contributed by atoms with Crippen LogP contribution in [0.4, 0.5) is 0 Å². The highest BCUT2D eigenvalue weighted by atomic mass is 31.2. The minimum absolute atomic E-state index is 0.608. The molecular weight excluding hydrogens is 183 g/mol. The van der Waals surface area contributed by atoms with Crippen LogP contribution in [-0.2, 0) is 9.36 Å². The maximum absolute atomic E-state index is 10.9. The Morgan fingerprint density at radius 2 is 1.92 bits per heavy atom. The second-order valence-electron chi connectivity index (χ2n) is 2.49. The number of hydrogen-bond acceptors (Lipinski definition) is 2. The summed E-state index contributed by atoms with van der Waals surface area (Å²) < 4.78 is 10.5. The number of carbonyl (C=O) groups is 1. The topological polar surface area (TPSA) is 111 Å². The van der Waals surface area contributed by atoms with Crippen molar-refractivity contribution >= 4 is 18.8 Å². The Hall–Kier alpha value is -0.800. The van der Waals surface area contributed by atoms with Crippen LogP contribution in [0.5, 0.6) is 0 Å². The predicted octanol–water partition coefficient (Wildman–Crippen LogP) is 0.0175. The summed E-state index contributed by atoms with van der Waals surface area (Å²) in [5, 5.41) is 0. The highest BCUT2D eigenvalue weighted by Gasteiger charge is 2.40. The summed E-state index contributed by atoms with van der Waals surface area (Å²) in [6.45, 7) is 2.90. The van der Waals surface area contributed by atoms with Gasteiger partial charge in [-0.1, -0.05) is 13.8 Å². The Bertz CT molecular complexity index is 286. The van der Waals surface area contributed by atoms with Gasteiger partial charge in [-0.2, -0.15) is 4.79 Å². The standard InChI is InChI=1S/C5H9N2O4P/c1-3(2)4(8)5(7-6)12(9,10)11/h3H,1-2H3,(H2,9,10,11). The van der Waals surface area contributed by atoms with Gasteiger partial charge in [0.05, 0.1) is 0 Å². The predicted molar refractivity (Wildman–Crippen MR) is 40.5 cm³/mol. The van der Waals surface area contributed by atoms with Crippen molar-refractivity contribution in [1.29, 1.82) is 0 Å². The van der Waals surface area contributed by atoms with Gasteiger partial charge in [-0.3, -0.25) is 4.79 Å². The molecule has 0 radical (unpaired) electrons. The highest BCUT2D eigenvalue weighted by molar-refractivity contribution is 7.73. The van der Waals surface area contributed by atoms with Gasteiger partial charge in [0.1, 0.15) is 0 Å². The molecule has 0 bridgehead atoms. The van der Waals surface area contributed by atoms with Crippen LogP contribution in [0.3, 0.4) is 0 Å². The summed E-state index contributed by atoms with van der Waals surface area (Å²) in [5.74, 6) is -1.46. The van der Waals surface area contributed by atoms with Gasteiger partial charge in [-0.15, -0.1) is 0 Å². The molecular formula is C5H9N2O4P. The van der Waals surface area contributed by atoms with E-state index in [1.165, 1.54) is 13.8 Å². The van der Waals surface area contributed by atoms with Gasteiger partial charge in [-0.05, 0) is 0 Å². The molecule has 0 unspecified atom stereocenters. The molecule has 0 heterocycles. The molecule has 0 aromatic rings. The SMILES string of the molecule is CC(C)C(=O)C(=[N+]=[N-])P(=O)(O)O. The summed E-state index contributed by atoms with van der Waals surface area (Å²) in [6, 6.07) is 0. The molecule has 0 aromatic carbocycles. The van der Waals surface area contributed by atoms with Crippen molar-refractivity contribution < 1.29 is 23.9 Å². The number of nitrogens with zero attached hydrogens (tertiary/aromatic N) is 2. The monoisotopic (exact) mass is 192 g/mol. The van der Waals surface area contributed by atoms with E-state index < -0.39 is 24.7 Å². The van der Waals surface area contributed by atoms with Gasteiger partial charge in [0.25, 0.3) is 5.78 Å². The minimum Gasteiger partial charge on any atom is -0.360 e. The maximum atomic E-state index is 10.9. The molecule has 68 valence electrons. The molecule has 0 atom stereocenters. The van der Waals surface area contributed by atoms with Crippen LogP contribution in [0, 0.1) is 5.92 Å².